The van der Waals surface area contributed by atoms with Crippen molar-refractivity contribution in [1.29, 1.82) is 0 Å². The summed E-state index contributed by atoms with van der Waals surface area (Å²) >= 11 is 5.98. The molecule has 0 fully saturated rings. The van der Waals surface area contributed by atoms with Crippen molar-refractivity contribution < 1.29 is 22.8 Å². The Labute approximate surface area is 173 Å². The first kappa shape index (κ1) is 21.0. The van der Waals surface area contributed by atoms with E-state index in [9.17, 15) is 13.2 Å². The molecule has 1 heterocycles. The third-order valence-electron chi connectivity index (χ3n) is 4.24. The zero-order valence-electron chi connectivity index (χ0n) is 15.6. The van der Waals surface area contributed by atoms with Gasteiger partial charge in [-0.05, 0) is 30.7 Å². The summed E-state index contributed by atoms with van der Waals surface area (Å²) in [6.45, 7) is 0. The molecule has 0 aliphatic carbocycles. The van der Waals surface area contributed by atoms with E-state index in [0.717, 1.165) is 11.8 Å². The summed E-state index contributed by atoms with van der Waals surface area (Å²) in [5, 5.41) is 9.16. The number of aryl methyl sites for hydroxylation is 1. The molecule has 0 aliphatic rings. The van der Waals surface area contributed by atoms with Crippen LogP contribution >= 0.6 is 11.6 Å². The summed E-state index contributed by atoms with van der Waals surface area (Å²) in [7, 11) is -3.50. The highest BCUT2D eigenvalue weighted by molar-refractivity contribution is 7.90. The maximum atomic E-state index is 12.3. The van der Waals surface area contributed by atoms with E-state index < -0.39 is 15.7 Å². The molecule has 3 rings (SSSR count). The lowest BCUT2D eigenvalue weighted by atomic mass is 10.1. The number of nitrogens with zero attached hydrogens (tertiary/aromatic N) is 1. The molecule has 1 aromatic heterocycles. The molecule has 29 heavy (non-hydrogen) atoms. The molecular weight excluding hydrogens is 416 g/mol. The molecule has 0 saturated carbocycles. The first-order valence-electron chi connectivity index (χ1n) is 8.77. The lowest BCUT2D eigenvalue weighted by Gasteiger charge is -2.07. The average molecular weight is 435 g/mol. The van der Waals surface area contributed by atoms with Gasteiger partial charge in [0.1, 0.15) is 5.69 Å². The van der Waals surface area contributed by atoms with E-state index >= 15 is 0 Å². The quantitative estimate of drug-likeness (QED) is 0.431. The van der Waals surface area contributed by atoms with Crippen molar-refractivity contribution >= 4 is 27.3 Å². The molecule has 0 bridgehead atoms. The van der Waals surface area contributed by atoms with Crippen molar-refractivity contribution in [2.24, 2.45) is 0 Å². The number of sulfone groups is 1. The van der Waals surface area contributed by atoms with Crippen LogP contribution < -0.4 is 5.48 Å². The zero-order valence-corrected chi connectivity index (χ0v) is 17.1. The molecule has 0 unspecified atom stereocenters. The van der Waals surface area contributed by atoms with E-state index in [0.29, 0.717) is 40.8 Å². The van der Waals surface area contributed by atoms with Gasteiger partial charge >= 0.3 is 0 Å². The van der Waals surface area contributed by atoms with Gasteiger partial charge in [-0.2, -0.15) is 0 Å². The average Bonchev–Trinajstić information content (AvgIpc) is 3.11. The first-order valence-corrected chi connectivity index (χ1v) is 11.0. The number of hydrogen-bond donors (Lipinski definition) is 2. The molecule has 0 radical (unpaired) electrons. The van der Waals surface area contributed by atoms with Gasteiger partial charge in [-0.3, -0.25) is 10.0 Å². The Balaban J connectivity index is 2.08. The Kier molecular flexibility index (Phi) is 6.36. The molecule has 1 amide bonds. The van der Waals surface area contributed by atoms with Crippen LogP contribution in [0.2, 0.25) is 5.02 Å². The van der Waals surface area contributed by atoms with E-state index in [-0.39, 0.29) is 11.3 Å². The van der Waals surface area contributed by atoms with Gasteiger partial charge in [-0.25, -0.2) is 18.9 Å². The van der Waals surface area contributed by atoms with E-state index in [1.807, 2.05) is 0 Å². The highest BCUT2D eigenvalue weighted by atomic mass is 35.5. The molecule has 0 spiro atoms. The molecule has 2 aromatic carbocycles. The van der Waals surface area contributed by atoms with Gasteiger partial charge in [0.15, 0.2) is 21.5 Å². The third-order valence-corrected chi connectivity index (χ3v) is 5.65. The van der Waals surface area contributed by atoms with Crippen LogP contribution in [-0.2, 0) is 21.1 Å². The summed E-state index contributed by atoms with van der Waals surface area (Å²) in [5.41, 5.74) is 3.19. The van der Waals surface area contributed by atoms with Crippen molar-refractivity contribution in [3.8, 4) is 22.6 Å². The number of hydrogen-bond acceptors (Lipinski definition) is 6. The largest absolute Gasteiger partial charge is 0.440 e. The first-order chi connectivity index (χ1) is 13.8. The Morgan fingerprint density at radius 1 is 1.17 bits per heavy atom. The molecule has 7 nitrogen and oxygen atoms in total. The van der Waals surface area contributed by atoms with Crippen molar-refractivity contribution in [3.63, 3.8) is 0 Å². The zero-order chi connectivity index (χ0) is 21.0. The maximum absolute atomic E-state index is 12.3. The third kappa shape index (κ3) is 5.03. The molecule has 9 heteroatoms. The summed E-state index contributed by atoms with van der Waals surface area (Å²) < 4.78 is 30.5. The highest BCUT2D eigenvalue weighted by Crippen LogP contribution is 2.36. The Morgan fingerprint density at radius 3 is 2.52 bits per heavy atom. The Morgan fingerprint density at radius 2 is 1.86 bits per heavy atom. The summed E-state index contributed by atoms with van der Waals surface area (Å²) in [6, 6.07) is 13.5. The van der Waals surface area contributed by atoms with E-state index in [4.69, 9.17) is 21.2 Å². The second-order valence-corrected chi connectivity index (χ2v) is 8.87. The van der Waals surface area contributed by atoms with Crippen LogP contribution in [0, 0.1) is 0 Å². The van der Waals surface area contributed by atoms with Crippen molar-refractivity contribution in [2.45, 2.75) is 24.2 Å². The SMILES string of the molecule is CS(=O)(=O)c1ccccc1-c1oc(CCCC(=O)NO)nc1-c1ccc(Cl)cc1. The van der Waals surface area contributed by atoms with Crippen LogP contribution in [0.4, 0.5) is 0 Å². The predicted octanol–water partition coefficient (Wildman–Crippen LogP) is 3.89. The molecule has 0 saturated heterocycles. The highest BCUT2D eigenvalue weighted by Gasteiger charge is 2.22. The van der Waals surface area contributed by atoms with Crippen LogP contribution in [0.5, 0.6) is 0 Å². The molecule has 2 N–H and O–H groups in total. The smallest absolute Gasteiger partial charge is 0.243 e. The van der Waals surface area contributed by atoms with Gasteiger partial charge in [0.25, 0.3) is 0 Å². The number of amides is 1. The summed E-state index contributed by atoms with van der Waals surface area (Å²) in [5.74, 6) is 0.186. The minimum Gasteiger partial charge on any atom is -0.440 e. The van der Waals surface area contributed by atoms with Gasteiger partial charge in [0, 0.05) is 35.2 Å². The lowest BCUT2D eigenvalue weighted by Crippen LogP contribution is -2.18. The fourth-order valence-corrected chi connectivity index (χ4v) is 3.90. The van der Waals surface area contributed by atoms with Crippen LogP contribution in [0.15, 0.2) is 57.8 Å². The van der Waals surface area contributed by atoms with Crippen molar-refractivity contribution in [2.75, 3.05) is 6.26 Å². The second kappa shape index (κ2) is 8.77. The van der Waals surface area contributed by atoms with Gasteiger partial charge in [0.05, 0.1) is 4.90 Å². The summed E-state index contributed by atoms with van der Waals surface area (Å²) in [6.07, 6.45) is 1.98. The predicted molar refractivity (Wildman–Crippen MR) is 108 cm³/mol. The maximum Gasteiger partial charge on any atom is 0.243 e. The number of carbonyl (C=O) groups excluding carboxylic acids is 1. The van der Waals surface area contributed by atoms with Gasteiger partial charge in [-0.1, -0.05) is 35.9 Å². The number of nitrogens with one attached hydrogen (secondary N) is 1. The van der Waals surface area contributed by atoms with Gasteiger partial charge in [-0.15, -0.1) is 0 Å². The minimum atomic E-state index is -3.50. The summed E-state index contributed by atoms with van der Waals surface area (Å²) in [4.78, 5) is 15.9. The number of benzene rings is 2. The molecular formula is C20H19ClN2O5S. The Hall–Kier alpha value is -2.68. The van der Waals surface area contributed by atoms with Gasteiger partial charge < -0.3 is 4.42 Å². The van der Waals surface area contributed by atoms with E-state index in [1.165, 1.54) is 6.07 Å². The monoisotopic (exact) mass is 434 g/mol. The number of aromatic nitrogens is 1. The number of rotatable bonds is 7. The molecule has 0 atom stereocenters. The lowest BCUT2D eigenvalue weighted by molar-refractivity contribution is -0.129. The number of hydroxylamine groups is 1. The fraction of sp³-hybridized carbons (Fsp3) is 0.200. The fourth-order valence-electron chi connectivity index (χ4n) is 2.89. The van der Waals surface area contributed by atoms with Crippen LogP contribution in [0.3, 0.4) is 0 Å². The minimum absolute atomic E-state index is 0.102. The standard InChI is InChI=1S/C20H19ClN2O5S/c1-29(26,27)16-6-3-2-5-15(16)20-19(13-9-11-14(21)12-10-13)22-18(28-20)8-4-7-17(24)23-25/h2-3,5-6,9-12,25H,4,7-8H2,1H3,(H,23,24). The van der Waals surface area contributed by atoms with E-state index in [2.05, 4.69) is 4.98 Å². The van der Waals surface area contributed by atoms with Crippen molar-refractivity contribution in [3.05, 3.63) is 59.4 Å². The van der Waals surface area contributed by atoms with Crippen molar-refractivity contribution in [1.82, 2.24) is 10.5 Å². The molecule has 152 valence electrons. The number of carbonyl (C=O) groups is 1. The van der Waals surface area contributed by atoms with E-state index in [1.54, 1.807) is 47.9 Å². The van der Waals surface area contributed by atoms with Crippen LogP contribution in [0.1, 0.15) is 18.7 Å². The Bertz CT molecular complexity index is 1120. The number of oxazole rings is 1. The molecule has 0 aliphatic heterocycles. The number of halogens is 1. The van der Waals surface area contributed by atoms with Crippen LogP contribution in [-0.4, -0.2) is 30.8 Å². The second-order valence-electron chi connectivity index (χ2n) is 6.45. The normalized spacial score (nSPS) is 11.4. The van der Waals surface area contributed by atoms with Gasteiger partial charge in [0.2, 0.25) is 5.91 Å². The molecule has 3 aromatic rings. The van der Waals surface area contributed by atoms with Crippen LogP contribution in [0.25, 0.3) is 22.6 Å². The topological polar surface area (TPSA) is 110 Å².